The van der Waals surface area contributed by atoms with Crippen molar-refractivity contribution >= 4 is 23.4 Å². The summed E-state index contributed by atoms with van der Waals surface area (Å²) in [5.41, 5.74) is 9.09. The second-order valence-electron chi connectivity index (χ2n) is 7.94. The van der Waals surface area contributed by atoms with Crippen LogP contribution in [0.25, 0.3) is 11.1 Å². The first-order valence-electron chi connectivity index (χ1n) is 10.7. The maximum atomic E-state index is 12.9. The van der Waals surface area contributed by atoms with Crippen LogP contribution in [0.4, 0.5) is 5.69 Å². The molecule has 3 N–H and O–H groups in total. The highest BCUT2D eigenvalue weighted by Gasteiger charge is 2.28. The Labute approximate surface area is 187 Å². The Bertz CT molecular complexity index is 1100. The molecule has 1 aliphatic heterocycles. The SMILES string of the molecule is NC(=O)c1ccc(NC(=O)C2CCN(C(=O)c3ccc(-c4ccccc4)cc3)CC2)cc1. The molecule has 0 atom stereocenters. The summed E-state index contributed by atoms with van der Waals surface area (Å²) >= 11 is 0. The van der Waals surface area contributed by atoms with Gasteiger partial charge in [0, 0.05) is 35.8 Å². The van der Waals surface area contributed by atoms with E-state index in [4.69, 9.17) is 5.73 Å². The summed E-state index contributed by atoms with van der Waals surface area (Å²) in [6.45, 7) is 1.08. The number of piperidine rings is 1. The number of nitrogens with two attached hydrogens (primary N) is 1. The van der Waals surface area contributed by atoms with Gasteiger partial charge in [0.1, 0.15) is 0 Å². The van der Waals surface area contributed by atoms with Crippen LogP contribution in [0.1, 0.15) is 33.6 Å². The largest absolute Gasteiger partial charge is 0.366 e. The Morgan fingerprint density at radius 2 is 1.31 bits per heavy atom. The van der Waals surface area contributed by atoms with E-state index in [9.17, 15) is 14.4 Å². The zero-order chi connectivity index (χ0) is 22.5. The Balaban J connectivity index is 1.31. The van der Waals surface area contributed by atoms with Gasteiger partial charge in [-0.25, -0.2) is 0 Å². The van der Waals surface area contributed by atoms with Gasteiger partial charge < -0.3 is 16.0 Å². The highest BCUT2D eigenvalue weighted by atomic mass is 16.2. The molecular weight excluding hydrogens is 402 g/mol. The summed E-state index contributed by atoms with van der Waals surface area (Å²) in [5.74, 6) is -0.744. The zero-order valence-electron chi connectivity index (χ0n) is 17.7. The minimum atomic E-state index is -0.505. The van der Waals surface area contributed by atoms with Gasteiger partial charge in [0.25, 0.3) is 5.91 Å². The third-order valence-corrected chi connectivity index (χ3v) is 5.83. The van der Waals surface area contributed by atoms with Gasteiger partial charge in [0.2, 0.25) is 11.8 Å². The minimum absolute atomic E-state index is 0.00879. The van der Waals surface area contributed by atoms with Crippen molar-refractivity contribution in [3.05, 3.63) is 90.0 Å². The lowest BCUT2D eigenvalue weighted by Crippen LogP contribution is -2.41. The number of nitrogens with one attached hydrogen (secondary N) is 1. The van der Waals surface area contributed by atoms with Crippen LogP contribution in [-0.4, -0.2) is 35.7 Å². The molecule has 0 aliphatic carbocycles. The molecule has 0 saturated carbocycles. The van der Waals surface area contributed by atoms with Crippen LogP contribution in [-0.2, 0) is 4.79 Å². The van der Waals surface area contributed by atoms with Gasteiger partial charge in [0.15, 0.2) is 0 Å². The van der Waals surface area contributed by atoms with E-state index in [-0.39, 0.29) is 17.7 Å². The van der Waals surface area contributed by atoms with Gasteiger partial charge in [-0.2, -0.15) is 0 Å². The quantitative estimate of drug-likeness (QED) is 0.646. The summed E-state index contributed by atoms with van der Waals surface area (Å²) in [7, 11) is 0. The molecule has 3 aromatic carbocycles. The van der Waals surface area contributed by atoms with Gasteiger partial charge in [-0.15, -0.1) is 0 Å². The number of carbonyl (C=O) groups excluding carboxylic acids is 3. The zero-order valence-corrected chi connectivity index (χ0v) is 17.7. The summed E-state index contributed by atoms with van der Waals surface area (Å²) < 4.78 is 0. The normalized spacial score (nSPS) is 14.1. The fourth-order valence-electron chi connectivity index (χ4n) is 3.93. The van der Waals surface area contributed by atoms with Gasteiger partial charge in [-0.1, -0.05) is 42.5 Å². The third kappa shape index (κ3) is 4.86. The first-order valence-corrected chi connectivity index (χ1v) is 10.7. The van der Waals surface area contributed by atoms with E-state index in [2.05, 4.69) is 5.32 Å². The van der Waals surface area contributed by atoms with Crippen LogP contribution in [0.3, 0.4) is 0 Å². The fourth-order valence-corrected chi connectivity index (χ4v) is 3.93. The average Bonchev–Trinajstić information content (AvgIpc) is 2.84. The van der Waals surface area contributed by atoms with E-state index in [0.29, 0.717) is 42.7 Å². The molecule has 6 heteroatoms. The molecule has 1 saturated heterocycles. The first kappa shape index (κ1) is 21.3. The Kier molecular flexibility index (Phi) is 6.31. The Morgan fingerprint density at radius 1 is 0.750 bits per heavy atom. The number of nitrogens with zero attached hydrogens (tertiary/aromatic N) is 1. The molecule has 0 bridgehead atoms. The van der Waals surface area contributed by atoms with Gasteiger partial charge in [0.05, 0.1) is 0 Å². The van der Waals surface area contributed by atoms with E-state index in [1.54, 1.807) is 24.3 Å². The monoisotopic (exact) mass is 427 g/mol. The maximum absolute atomic E-state index is 12.9. The number of anilines is 1. The molecule has 1 heterocycles. The van der Waals surface area contributed by atoms with E-state index < -0.39 is 5.91 Å². The van der Waals surface area contributed by atoms with Crippen LogP contribution in [0.2, 0.25) is 0 Å². The Morgan fingerprint density at radius 3 is 1.91 bits per heavy atom. The van der Waals surface area contributed by atoms with Gasteiger partial charge in [-0.05, 0) is 60.4 Å². The molecule has 4 rings (SSSR count). The molecule has 1 fully saturated rings. The van der Waals surface area contributed by atoms with Crippen molar-refractivity contribution in [2.75, 3.05) is 18.4 Å². The number of carbonyl (C=O) groups is 3. The van der Waals surface area contributed by atoms with Gasteiger partial charge in [-0.3, -0.25) is 14.4 Å². The molecule has 1 aliphatic rings. The minimum Gasteiger partial charge on any atom is -0.366 e. The lowest BCUT2D eigenvalue weighted by molar-refractivity contribution is -0.121. The summed E-state index contributed by atoms with van der Waals surface area (Å²) in [6, 6.07) is 24.2. The topological polar surface area (TPSA) is 92.5 Å². The fraction of sp³-hybridized carbons (Fsp3) is 0.192. The molecule has 32 heavy (non-hydrogen) atoms. The van der Waals surface area contributed by atoms with Crippen molar-refractivity contribution in [2.45, 2.75) is 12.8 Å². The van der Waals surface area contributed by atoms with E-state index in [1.807, 2.05) is 59.5 Å². The second-order valence-corrected chi connectivity index (χ2v) is 7.94. The molecule has 3 amide bonds. The molecule has 3 aromatic rings. The summed E-state index contributed by atoms with van der Waals surface area (Å²) in [4.78, 5) is 38.5. The standard InChI is InChI=1S/C26H25N3O3/c27-24(30)20-10-12-23(13-11-20)28-25(31)21-14-16-29(17-15-21)26(32)22-8-6-19(7-9-22)18-4-2-1-3-5-18/h1-13,21H,14-17H2,(H2,27,30)(H,28,31). The molecule has 0 unspecified atom stereocenters. The number of amides is 3. The van der Waals surface area contributed by atoms with Crippen molar-refractivity contribution in [3.8, 4) is 11.1 Å². The summed E-state index contributed by atoms with van der Waals surface area (Å²) in [5, 5.41) is 2.88. The van der Waals surface area contributed by atoms with Crippen LogP contribution in [0.5, 0.6) is 0 Å². The first-order chi connectivity index (χ1) is 15.5. The van der Waals surface area contributed by atoms with Crippen LogP contribution in [0.15, 0.2) is 78.9 Å². The van der Waals surface area contributed by atoms with E-state index in [0.717, 1.165) is 11.1 Å². The van der Waals surface area contributed by atoms with Crippen LogP contribution in [0, 0.1) is 5.92 Å². The van der Waals surface area contributed by atoms with Crippen molar-refractivity contribution in [1.29, 1.82) is 0 Å². The molecule has 162 valence electrons. The lowest BCUT2D eigenvalue weighted by Gasteiger charge is -2.31. The number of likely N-dealkylation sites (tertiary alicyclic amines) is 1. The average molecular weight is 428 g/mol. The smallest absolute Gasteiger partial charge is 0.253 e. The number of rotatable bonds is 5. The molecule has 6 nitrogen and oxygen atoms in total. The maximum Gasteiger partial charge on any atom is 0.253 e. The van der Waals surface area contributed by atoms with Crippen LogP contribution >= 0.6 is 0 Å². The molecule has 0 radical (unpaired) electrons. The second kappa shape index (κ2) is 9.47. The number of benzene rings is 3. The predicted octanol–water partition coefficient (Wildman–Crippen LogP) is 3.94. The van der Waals surface area contributed by atoms with Crippen LogP contribution < -0.4 is 11.1 Å². The number of primary amides is 1. The van der Waals surface area contributed by atoms with Crippen molar-refractivity contribution in [1.82, 2.24) is 4.90 Å². The van der Waals surface area contributed by atoms with Crippen molar-refractivity contribution in [3.63, 3.8) is 0 Å². The summed E-state index contributed by atoms with van der Waals surface area (Å²) in [6.07, 6.45) is 1.22. The molecule has 0 aromatic heterocycles. The van der Waals surface area contributed by atoms with Gasteiger partial charge >= 0.3 is 0 Å². The molecule has 0 spiro atoms. The third-order valence-electron chi connectivity index (χ3n) is 5.83. The van der Waals surface area contributed by atoms with Crippen molar-refractivity contribution in [2.24, 2.45) is 11.7 Å². The van der Waals surface area contributed by atoms with E-state index in [1.165, 1.54) is 0 Å². The van der Waals surface area contributed by atoms with Crippen molar-refractivity contribution < 1.29 is 14.4 Å². The predicted molar refractivity (Wildman–Crippen MR) is 124 cm³/mol. The highest BCUT2D eigenvalue weighted by molar-refractivity contribution is 5.96. The molecular formula is C26H25N3O3. The lowest BCUT2D eigenvalue weighted by atomic mass is 9.95. The highest BCUT2D eigenvalue weighted by Crippen LogP contribution is 2.23. The van der Waals surface area contributed by atoms with E-state index >= 15 is 0 Å². The number of hydrogen-bond donors (Lipinski definition) is 2. The number of hydrogen-bond acceptors (Lipinski definition) is 3. The Hall–Kier alpha value is -3.93.